The monoisotopic (exact) mass is 362 g/mol. The Morgan fingerprint density at radius 2 is 1.56 bits per heavy atom. The maximum Gasteiger partial charge on any atom is 0.224 e. The third-order valence-corrected chi connectivity index (χ3v) is 4.58. The molecule has 0 aliphatic rings. The lowest BCUT2D eigenvalue weighted by Crippen LogP contribution is -2.15. The first-order chi connectivity index (χ1) is 11.9. The zero-order chi connectivity index (χ0) is 18.3. The van der Waals surface area contributed by atoms with E-state index in [2.05, 4.69) is 10.6 Å². The minimum atomic E-state index is -3.22. The summed E-state index contributed by atoms with van der Waals surface area (Å²) in [5.74, 6) is 1.11. The summed E-state index contributed by atoms with van der Waals surface area (Å²) < 4.78 is 28.5. The molecule has 1 amide bonds. The van der Waals surface area contributed by atoms with Crippen LogP contribution in [0.25, 0.3) is 0 Å². The summed E-state index contributed by atoms with van der Waals surface area (Å²) in [4.78, 5) is 12.0. The number of amides is 1. The Kier molecular flexibility index (Phi) is 6.55. The van der Waals surface area contributed by atoms with Crippen LogP contribution in [0.4, 0.5) is 5.69 Å². The van der Waals surface area contributed by atoms with Crippen molar-refractivity contribution in [2.75, 3.05) is 25.2 Å². The van der Waals surface area contributed by atoms with Gasteiger partial charge in [0, 0.05) is 18.4 Å². The molecule has 134 valence electrons. The van der Waals surface area contributed by atoms with E-state index in [0.717, 1.165) is 19.2 Å². The van der Waals surface area contributed by atoms with Crippen LogP contribution in [0.1, 0.15) is 12.8 Å². The van der Waals surface area contributed by atoms with E-state index in [0.29, 0.717) is 23.6 Å². The molecule has 0 aromatic heterocycles. The normalized spacial score (nSPS) is 11.1. The number of hydrogen-bond donors (Lipinski definition) is 2. The van der Waals surface area contributed by atoms with Gasteiger partial charge in [0.15, 0.2) is 9.84 Å². The highest BCUT2D eigenvalue weighted by molar-refractivity contribution is 7.90. The highest BCUT2D eigenvalue weighted by atomic mass is 32.2. The Bertz CT molecular complexity index is 800. The molecule has 25 heavy (non-hydrogen) atoms. The fourth-order valence-electron chi connectivity index (χ4n) is 2.15. The maximum atomic E-state index is 11.8. The van der Waals surface area contributed by atoms with Gasteiger partial charge in [0.25, 0.3) is 0 Å². The van der Waals surface area contributed by atoms with Crippen molar-refractivity contribution in [2.45, 2.75) is 17.7 Å². The van der Waals surface area contributed by atoms with Gasteiger partial charge in [-0.3, -0.25) is 4.79 Å². The minimum Gasteiger partial charge on any atom is -0.457 e. The summed E-state index contributed by atoms with van der Waals surface area (Å²) in [5.41, 5.74) is 0.703. The second-order valence-corrected chi connectivity index (χ2v) is 7.64. The molecular weight excluding hydrogens is 340 g/mol. The summed E-state index contributed by atoms with van der Waals surface area (Å²) >= 11 is 0. The average Bonchev–Trinajstić information content (AvgIpc) is 2.57. The SMILES string of the molecule is CNCCCC(=O)Nc1ccc(Oc2ccc(S(C)(=O)=O)cc2)cc1. The van der Waals surface area contributed by atoms with Crippen molar-refractivity contribution in [3.63, 3.8) is 0 Å². The molecule has 0 saturated heterocycles. The molecule has 0 atom stereocenters. The number of sulfone groups is 1. The summed E-state index contributed by atoms with van der Waals surface area (Å²) in [6, 6.07) is 13.2. The number of hydrogen-bond acceptors (Lipinski definition) is 5. The van der Waals surface area contributed by atoms with Crippen LogP contribution >= 0.6 is 0 Å². The van der Waals surface area contributed by atoms with Gasteiger partial charge in [-0.1, -0.05) is 0 Å². The van der Waals surface area contributed by atoms with Gasteiger partial charge < -0.3 is 15.4 Å². The van der Waals surface area contributed by atoms with E-state index in [4.69, 9.17) is 4.74 Å². The first kappa shape index (κ1) is 19.0. The largest absolute Gasteiger partial charge is 0.457 e. The van der Waals surface area contributed by atoms with Crippen molar-refractivity contribution in [2.24, 2.45) is 0 Å². The van der Waals surface area contributed by atoms with Crippen molar-refractivity contribution in [1.29, 1.82) is 0 Å². The van der Waals surface area contributed by atoms with Gasteiger partial charge in [-0.2, -0.15) is 0 Å². The third-order valence-electron chi connectivity index (χ3n) is 3.46. The Hall–Kier alpha value is -2.38. The highest BCUT2D eigenvalue weighted by Gasteiger charge is 2.07. The van der Waals surface area contributed by atoms with Crippen molar-refractivity contribution < 1.29 is 17.9 Å². The second kappa shape index (κ2) is 8.64. The van der Waals surface area contributed by atoms with Crippen LogP contribution in [0, 0.1) is 0 Å². The van der Waals surface area contributed by atoms with E-state index < -0.39 is 9.84 Å². The van der Waals surface area contributed by atoms with Crippen molar-refractivity contribution >= 4 is 21.4 Å². The standard InChI is InChI=1S/C18H22N2O4S/c1-19-13-3-4-18(21)20-14-5-7-15(8-6-14)24-16-9-11-17(12-10-16)25(2,22)23/h5-12,19H,3-4,13H2,1-2H3,(H,20,21). The zero-order valence-corrected chi connectivity index (χ0v) is 15.1. The van der Waals surface area contributed by atoms with Crippen LogP contribution in [-0.2, 0) is 14.6 Å². The molecule has 0 bridgehead atoms. The Morgan fingerprint density at radius 3 is 2.08 bits per heavy atom. The van der Waals surface area contributed by atoms with Crippen LogP contribution in [0.5, 0.6) is 11.5 Å². The molecule has 0 spiro atoms. The van der Waals surface area contributed by atoms with E-state index in [9.17, 15) is 13.2 Å². The lowest BCUT2D eigenvalue weighted by atomic mass is 10.2. The predicted molar refractivity (Wildman–Crippen MR) is 97.9 cm³/mol. The number of anilines is 1. The first-order valence-corrected chi connectivity index (χ1v) is 9.80. The number of rotatable bonds is 8. The van der Waals surface area contributed by atoms with E-state index in [-0.39, 0.29) is 10.8 Å². The van der Waals surface area contributed by atoms with Crippen molar-refractivity contribution in [3.8, 4) is 11.5 Å². The van der Waals surface area contributed by atoms with Gasteiger partial charge in [0.2, 0.25) is 5.91 Å². The molecule has 2 aromatic carbocycles. The van der Waals surface area contributed by atoms with E-state index >= 15 is 0 Å². The predicted octanol–water partition coefficient (Wildman–Crippen LogP) is 2.82. The molecule has 7 heteroatoms. The molecule has 0 aliphatic carbocycles. The number of nitrogens with one attached hydrogen (secondary N) is 2. The molecule has 2 rings (SSSR count). The molecule has 0 heterocycles. The Balaban J connectivity index is 1.93. The maximum absolute atomic E-state index is 11.8. The summed E-state index contributed by atoms with van der Waals surface area (Å²) in [6.45, 7) is 0.804. The molecule has 0 radical (unpaired) electrons. The summed E-state index contributed by atoms with van der Waals surface area (Å²) in [6.07, 6.45) is 2.41. The third kappa shape index (κ3) is 6.21. The van der Waals surface area contributed by atoms with Crippen LogP contribution in [0.3, 0.4) is 0 Å². The Morgan fingerprint density at radius 1 is 1.00 bits per heavy atom. The number of benzene rings is 2. The van der Waals surface area contributed by atoms with Crippen LogP contribution in [-0.4, -0.2) is 34.2 Å². The number of ether oxygens (including phenoxy) is 1. The van der Waals surface area contributed by atoms with Gasteiger partial charge in [-0.05, 0) is 68.5 Å². The quantitative estimate of drug-likeness (QED) is 0.706. The first-order valence-electron chi connectivity index (χ1n) is 7.91. The van der Waals surface area contributed by atoms with Crippen LogP contribution in [0.15, 0.2) is 53.4 Å². The molecule has 0 fully saturated rings. The van der Waals surface area contributed by atoms with Gasteiger partial charge >= 0.3 is 0 Å². The molecule has 2 N–H and O–H groups in total. The smallest absolute Gasteiger partial charge is 0.224 e. The van der Waals surface area contributed by atoms with E-state index in [1.165, 1.54) is 12.1 Å². The topological polar surface area (TPSA) is 84.5 Å². The number of carbonyl (C=O) groups is 1. The van der Waals surface area contributed by atoms with Gasteiger partial charge in [0.05, 0.1) is 4.90 Å². The van der Waals surface area contributed by atoms with Gasteiger partial charge in [-0.15, -0.1) is 0 Å². The fourth-order valence-corrected chi connectivity index (χ4v) is 2.78. The van der Waals surface area contributed by atoms with Gasteiger partial charge in [0.1, 0.15) is 11.5 Å². The number of carbonyl (C=O) groups excluding carboxylic acids is 1. The molecular formula is C18H22N2O4S. The average molecular weight is 362 g/mol. The molecule has 2 aromatic rings. The van der Waals surface area contributed by atoms with Crippen molar-refractivity contribution in [3.05, 3.63) is 48.5 Å². The molecule has 6 nitrogen and oxygen atoms in total. The second-order valence-electron chi connectivity index (χ2n) is 5.63. The molecule has 0 unspecified atom stereocenters. The van der Waals surface area contributed by atoms with Crippen LogP contribution < -0.4 is 15.4 Å². The van der Waals surface area contributed by atoms with Crippen molar-refractivity contribution in [1.82, 2.24) is 5.32 Å². The summed E-state index contributed by atoms with van der Waals surface area (Å²) in [5, 5.41) is 5.83. The molecule has 0 aliphatic heterocycles. The molecule has 0 saturated carbocycles. The lowest BCUT2D eigenvalue weighted by molar-refractivity contribution is -0.116. The Labute approximate surface area is 148 Å². The summed E-state index contributed by atoms with van der Waals surface area (Å²) in [7, 11) is -1.37. The zero-order valence-electron chi connectivity index (χ0n) is 14.3. The van der Waals surface area contributed by atoms with Gasteiger partial charge in [-0.25, -0.2) is 8.42 Å². The lowest BCUT2D eigenvalue weighted by Gasteiger charge is -2.08. The minimum absolute atomic E-state index is 0.0275. The van der Waals surface area contributed by atoms with Crippen LogP contribution in [0.2, 0.25) is 0 Å². The fraction of sp³-hybridized carbons (Fsp3) is 0.278. The highest BCUT2D eigenvalue weighted by Crippen LogP contribution is 2.24. The van der Waals surface area contributed by atoms with E-state index in [1.54, 1.807) is 36.4 Å². The van der Waals surface area contributed by atoms with E-state index in [1.807, 2.05) is 7.05 Å².